The summed E-state index contributed by atoms with van der Waals surface area (Å²) in [6.07, 6.45) is 13.5. The highest BCUT2D eigenvalue weighted by atomic mass is 32.1. The third-order valence-corrected chi connectivity index (χ3v) is 12.2. The molecule has 2 aliphatic heterocycles. The zero-order chi connectivity index (χ0) is 26.8. The predicted molar refractivity (Wildman–Crippen MR) is 158 cm³/mol. The topological polar surface area (TPSA) is 101 Å². The summed E-state index contributed by atoms with van der Waals surface area (Å²) in [4.78, 5) is 17.1. The van der Waals surface area contributed by atoms with E-state index in [9.17, 15) is 4.79 Å². The molecule has 1 saturated carbocycles. The minimum Gasteiger partial charge on any atom is -0.465 e. The second-order valence-electron chi connectivity index (χ2n) is 11.0. The molecular formula is C29H38N5O3PS. The van der Waals surface area contributed by atoms with E-state index in [-0.39, 0.29) is 20.2 Å². The number of nitrogens with zero attached hydrogens (tertiary/aromatic N) is 3. The molecule has 3 aromatic rings. The first-order valence-electron chi connectivity index (χ1n) is 14.3. The maximum atomic E-state index is 11.0. The van der Waals surface area contributed by atoms with Crippen molar-refractivity contribution in [3.63, 3.8) is 0 Å². The molecule has 6 rings (SSSR count). The van der Waals surface area contributed by atoms with Crippen LogP contribution in [0.15, 0.2) is 30.5 Å². The highest BCUT2D eigenvalue weighted by molar-refractivity contribution is 7.66. The summed E-state index contributed by atoms with van der Waals surface area (Å²) in [5.41, 5.74) is 3.54. The third kappa shape index (κ3) is 6.16. The summed E-state index contributed by atoms with van der Waals surface area (Å²) < 4.78 is 8.00. The normalized spacial score (nSPS) is 24.1. The number of amides is 1. The molecule has 10 heteroatoms. The SMILES string of the molecule is Cc1cc(Nc2ccc(-c3cnc(C4CCC(NC(=O)O)CC4)s3)c(P3CCCC3)c2)nn1C1CCCCO1. The number of ether oxygens (including phenoxy) is 1. The highest BCUT2D eigenvalue weighted by Crippen LogP contribution is 2.47. The van der Waals surface area contributed by atoms with Crippen LogP contribution in [-0.2, 0) is 4.74 Å². The molecular weight excluding hydrogens is 529 g/mol. The number of carboxylic acid groups (broad SMARTS) is 1. The molecule has 1 aliphatic carbocycles. The summed E-state index contributed by atoms with van der Waals surface area (Å²) in [6.45, 7) is 2.91. The molecule has 0 radical (unpaired) electrons. The number of thiazole rings is 1. The van der Waals surface area contributed by atoms with Crippen LogP contribution in [0.1, 0.15) is 80.6 Å². The van der Waals surface area contributed by atoms with E-state index >= 15 is 0 Å². The molecule has 39 heavy (non-hydrogen) atoms. The number of anilines is 2. The Balaban J connectivity index is 1.20. The molecule has 3 N–H and O–H groups in total. The first-order valence-corrected chi connectivity index (χ1v) is 16.9. The van der Waals surface area contributed by atoms with E-state index in [0.29, 0.717) is 5.92 Å². The zero-order valence-electron chi connectivity index (χ0n) is 22.6. The molecule has 1 amide bonds. The number of aromatic nitrogens is 3. The minimum absolute atomic E-state index is 0.0400. The number of aryl methyl sites for hydroxylation is 1. The zero-order valence-corrected chi connectivity index (χ0v) is 24.3. The van der Waals surface area contributed by atoms with Crippen molar-refractivity contribution in [1.29, 1.82) is 0 Å². The number of benzene rings is 1. The second kappa shape index (κ2) is 11.9. The predicted octanol–water partition coefficient (Wildman–Crippen LogP) is 6.95. The summed E-state index contributed by atoms with van der Waals surface area (Å²) >= 11 is 1.82. The minimum atomic E-state index is -0.920. The molecule has 1 unspecified atom stereocenters. The van der Waals surface area contributed by atoms with Crippen molar-refractivity contribution < 1.29 is 14.6 Å². The van der Waals surface area contributed by atoms with E-state index in [1.165, 1.54) is 52.3 Å². The maximum Gasteiger partial charge on any atom is 0.404 e. The maximum absolute atomic E-state index is 11.0. The van der Waals surface area contributed by atoms with Crippen molar-refractivity contribution in [2.45, 2.75) is 82.9 Å². The molecule has 1 aromatic carbocycles. The number of hydrogen-bond acceptors (Lipinski definition) is 6. The summed E-state index contributed by atoms with van der Waals surface area (Å²) in [7, 11) is -0.177. The molecule has 208 valence electrons. The van der Waals surface area contributed by atoms with Crippen LogP contribution >= 0.6 is 19.3 Å². The molecule has 1 atom stereocenters. The van der Waals surface area contributed by atoms with Crippen LogP contribution in [-0.4, -0.2) is 50.9 Å². The Morgan fingerprint density at radius 3 is 2.67 bits per heavy atom. The Labute approximate surface area is 235 Å². The van der Waals surface area contributed by atoms with Gasteiger partial charge in [0.15, 0.2) is 12.0 Å². The lowest BCUT2D eigenvalue weighted by Crippen LogP contribution is -2.36. The van der Waals surface area contributed by atoms with E-state index in [1.54, 1.807) is 0 Å². The van der Waals surface area contributed by atoms with Gasteiger partial charge < -0.3 is 20.5 Å². The van der Waals surface area contributed by atoms with E-state index in [1.807, 2.05) is 16.0 Å². The molecule has 2 aromatic heterocycles. The lowest BCUT2D eigenvalue weighted by Gasteiger charge is -2.27. The van der Waals surface area contributed by atoms with Gasteiger partial charge in [0, 0.05) is 47.8 Å². The van der Waals surface area contributed by atoms with Gasteiger partial charge in [0.1, 0.15) is 0 Å². The van der Waals surface area contributed by atoms with Gasteiger partial charge >= 0.3 is 6.09 Å². The molecule has 3 fully saturated rings. The average Bonchev–Trinajstić information content (AvgIpc) is 3.71. The van der Waals surface area contributed by atoms with Gasteiger partial charge in [0.2, 0.25) is 0 Å². The van der Waals surface area contributed by atoms with Gasteiger partial charge in [0.25, 0.3) is 0 Å². The Morgan fingerprint density at radius 2 is 1.92 bits per heavy atom. The van der Waals surface area contributed by atoms with Crippen LogP contribution in [0.25, 0.3) is 10.4 Å². The first kappa shape index (κ1) is 26.7. The van der Waals surface area contributed by atoms with Crippen LogP contribution < -0.4 is 15.9 Å². The second-order valence-corrected chi connectivity index (χ2v) is 14.6. The smallest absolute Gasteiger partial charge is 0.404 e. The lowest BCUT2D eigenvalue weighted by molar-refractivity contribution is -0.0404. The van der Waals surface area contributed by atoms with E-state index in [2.05, 4.69) is 48.0 Å². The van der Waals surface area contributed by atoms with Gasteiger partial charge in [0.05, 0.1) is 9.88 Å². The Hall–Kier alpha value is -2.48. The van der Waals surface area contributed by atoms with Gasteiger partial charge in [-0.1, -0.05) is 14.0 Å². The van der Waals surface area contributed by atoms with Crippen LogP contribution in [0.3, 0.4) is 0 Å². The van der Waals surface area contributed by atoms with E-state index in [0.717, 1.165) is 62.3 Å². The number of hydrogen-bond donors (Lipinski definition) is 3. The molecule has 4 heterocycles. The lowest BCUT2D eigenvalue weighted by atomic mass is 9.86. The van der Waals surface area contributed by atoms with Crippen molar-refractivity contribution in [2.24, 2.45) is 0 Å². The summed E-state index contributed by atoms with van der Waals surface area (Å²) in [5.74, 6) is 1.29. The highest BCUT2D eigenvalue weighted by Gasteiger charge is 2.27. The Bertz CT molecular complexity index is 1290. The van der Waals surface area contributed by atoms with Crippen molar-refractivity contribution >= 4 is 42.2 Å². The average molecular weight is 568 g/mol. The van der Waals surface area contributed by atoms with E-state index in [4.69, 9.17) is 19.9 Å². The summed E-state index contributed by atoms with van der Waals surface area (Å²) in [6, 6.07) is 9.00. The fourth-order valence-electron chi connectivity index (χ4n) is 6.20. The summed E-state index contributed by atoms with van der Waals surface area (Å²) in [5, 5.41) is 22.8. The number of nitrogens with one attached hydrogen (secondary N) is 2. The quantitative estimate of drug-likeness (QED) is 0.267. The Kier molecular flexibility index (Phi) is 8.19. The van der Waals surface area contributed by atoms with Crippen LogP contribution in [0.4, 0.5) is 16.3 Å². The molecule has 2 saturated heterocycles. The fourth-order valence-corrected chi connectivity index (χ4v) is 10.2. The largest absolute Gasteiger partial charge is 0.465 e. The van der Waals surface area contributed by atoms with Crippen LogP contribution in [0, 0.1) is 6.92 Å². The molecule has 0 spiro atoms. The first-order chi connectivity index (χ1) is 19.0. The van der Waals surface area contributed by atoms with Gasteiger partial charge in [-0.15, -0.1) is 11.3 Å². The van der Waals surface area contributed by atoms with Crippen LogP contribution in [0.5, 0.6) is 0 Å². The Morgan fingerprint density at radius 1 is 1.10 bits per heavy atom. The van der Waals surface area contributed by atoms with Crippen molar-refractivity contribution in [2.75, 3.05) is 24.2 Å². The third-order valence-electron chi connectivity index (χ3n) is 8.26. The van der Waals surface area contributed by atoms with Gasteiger partial charge in [-0.25, -0.2) is 14.5 Å². The monoisotopic (exact) mass is 567 g/mol. The molecule has 3 aliphatic rings. The van der Waals surface area contributed by atoms with Crippen molar-refractivity contribution in [3.05, 3.63) is 41.2 Å². The van der Waals surface area contributed by atoms with Gasteiger partial charge in [-0.2, -0.15) is 5.10 Å². The fraction of sp³-hybridized carbons (Fsp3) is 0.552. The van der Waals surface area contributed by atoms with E-state index < -0.39 is 6.09 Å². The van der Waals surface area contributed by atoms with Crippen molar-refractivity contribution in [3.8, 4) is 10.4 Å². The molecule has 0 bridgehead atoms. The number of carbonyl (C=O) groups is 1. The van der Waals surface area contributed by atoms with Crippen LogP contribution in [0.2, 0.25) is 0 Å². The molecule has 8 nitrogen and oxygen atoms in total. The van der Waals surface area contributed by atoms with Gasteiger partial charge in [-0.3, -0.25) is 0 Å². The standard InChI is InChI=1S/C29H38N5O3PS/c1-19-16-26(33-34(19)27-6-2-3-13-37-27)31-22-11-12-23(24(17-22)38-14-4-5-15-38)25-18-30-28(39-25)20-7-9-21(10-8-20)32-29(35)36/h11-12,16-18,20-21,27,32H,2-10,13-15H2,1H3,(H,31,33)(H,35,36). The number of rotatable bonds is 7. The van der Waals surface area contributed by atoms with Gasteiger partial charge in [-0.05, 0) is 94.5 Å². The van der Waals surface area contributed by atoms with Crippen molar-refractivity contribution in [1.82, 2.24) is 20.1 Å².